The van der Waals surface area contributed by atoms with Gasteiger partial charge in [0.1, 0.15) is 0 Å². The second kappa shape index (κ2) is 8.91. The Morgan fingerprint density at radius 1 is 0.390 bits per heavy atom. The number of rotatable bonds is 3. The van der Waals surface area contributed by atoms with E-state index in [1.165, 1.54) is 66.8 Å². The first-order valence-corrected chi connectivity index (χ1v) is 14.7. The van der Waals surface area contributed by atoms with Crippen LogP contribution in [0.5, 0.6) is 0 Å². The molecule has 0 radical (unpaired) electrons. The Morgan fingerprint density at radius 2 is 0.927 bits per heavy atom. The zero-order chi connectivity index (χ0) is 27.6. The highest BCUT2D eigenvalue weighted by atomic mass is 14.5. The number of benzene rings is 6. The van der Waals surface area contributed by atoms with Gasteiger partial charge in [0.2, 0.25) is 0 Å². The maximum atomic E-state index is 2.46. The Kier molecular flexibility index (Phi) is 5.25. The second-order valence-electron chi connectivity index (χ2n) is 12.1. The molecule has 1 spiro atoms. The first-order chi connectivity index (χ1) is 20.1. The predicted octanol–water partition coefficient (Wildman–Crippen LogP) is 9.95. The normalized spacial score (nSPS) is 15.1. The van der Waals surface area contributed by atoms with Crippen molar-refractivity contribution in [1.29, 1.82) is 0 Å². The van der Waals surface area contributed by atoms with Gasteiger partial charge in [-0.3, -0.25) is 0 Å². The van der Waals surface area contributed by atoms with Gasteiger partial charge in [-0.25, -0.2) is 0 Å². The van der Waals surface area contributed by atoms with Crippen LogP contribution in [-0.2, 0) is 17.3 Å². The van der Waals surface area contributed by atoms with Crippen LogP contribution in [0, 0.1) is 0 Å². The molecule has 0 saturated carbocycles. The molecular weight excluding hydrogens is 492 g/mol. The fourth-order valence-corrected chi connectivity index (χ4v) is 7.75. The minimum absolute atomic E-state index is 0.0696. The van der Waals surface area contributed by atoms with E-state index in [-0.39, 0.29) is 10.8 Å². The van der Waals surface area contributed by atoms with Crippen molar-refractivity contribution in [3.05, 3.63) is 190 Å². The summed E-state index contributed by atoms with van der Waals surface area (Å²) < 4.78 is 0. The van der Waals surface area contributed by atoms with Crippen molar-refractivity contribution < 1.29 is 0 Å². The third-order valence-corrected chi connectivity index (χ3v) is 9.56. The molecule has 2 aliphatic rings. The maximum absolute atomic E-state index is 2.46. The zero-order valence-corrected chi connectivity index (χ0v) is 23.6. The lowest BCUT2D eigenvalue weighted by Gasteiger charge is -2.46. The van der Waals surface area contributed by atoms with Crippen LogP contribution in [0.2, 0.25) is 0 Å². The van der Waals surface area contributed by atoms with Crippen LogP contribution >= 0.6 is 0 Å². The minimum Gasteiger partial charge on any atom is -0.0622 e. The lowest BCUT2D eigenvalue weighted by atomic mass is 9.55. The molecule has 41 heavy (non-hydrogen) atoms. The molecule has 0 heterocycles. The van der Waals surface area contributed by atoms with Gasteiger partial charge in [-0.15, -0.1) is 0 Å². The van der Waals surface area contributed by atoms with Gasteiger partial charge in [-0.1, -0.05) is 159 Å². The highest BCUT2D eigenvalue weighted by Gasteiger charge is 2.53. The van der Waals surface area contributed by atoms with Crippen LogP contribution in [0.15, 0.2) is 146 Å². The van der Waals surface area contributed by atoms with Crippen LogP contribution in [0.25, 0.3) is 22.3 Å². The van der Waals surface area contributed by atoms with Crippen molar-refractivity contribution in [1.82, 2.24) is 0 Å². The van der Waals surface area contributed by atoms with Crippen LogP contribution in [-0.4, -0.2) is 0 Å². The van der Waals surface area contributed by atoms with Crippen molar-refractivity contribution in [2.24, 2.45) is 0 Å². The molecule has 0 atom stereocenters. The number of fused-ring (bicyclic) bond motifs is 9. The standard InChI is InChI=1S/C41H32/c1-40(2)36-19-8-10-21-38(36)41(39-22-11-9-20-37(39)40)34-18-7-6-17-32(34)33-27-29(23-24-35(33)41)25-28-13-12-16-31(26-28)30-14-4-3-5-15-30/h3-24,26-27H,25H2,1-2H3. The Bertz CT molecular complexity index is 1890. The lowest BCUT2D eigenvalue weighted by molar-refractivity contribution is 0.563. The quantitative estimate of drug-likeness (QED) is 0.216. The van der Waals surface area contributed by atoms with Gasteiger partial charge in [0.05, 0.1) is 5.41 Å². The van der Waals surface area contributed by atoms with Crippen molar-refractivity contribution in [2.75, 3.05) is 0 Å². The summed E-state index contributed by atoms with van der Waals surface area (Å²) in [5.41, 5.74) is 16.0. The molecule has 0 aliphatic heterocycles. The summed E-state index contributed by atoms with van der Waals surface area (Å²) >= 11 is 0. The fraction of sp³-hybridized carbons (Fsp3) is 0.122. The van der Waals surface area contributed by atoms with E-state index in [2.05, 4.69) is 159 Å². The first-order valence-electron chi connectivity index (χ1n) is 14.7. The molecule has 6 aromatic carbocycles. The molecular formula is C41H32. The topological polar surface area (TPSA) is 0 Å². The van der Waals surface area contributed by atoms with Gasteiger partial charge >= 0.3 is 0 Å². The van der Waals surface area contributed by atoms with Crippen molar-refractivity contribution in [3.8, 4) is 22.3 Å². The maximum Gasteiger partial charge on any atom is 0.0719 e. The molecule has 8 rings (SSSR count). The molecule has 0 aromatic heterocycles. The van der Waals surface area contributed by atoms with E-state index < -0.39 is 0 Å². The predicted molar refractivity (Wildman–Crippen MR) is 171 cm³/mol. The van der Waals surface area contributed by atoms with Gasteiger partial charge in [-0.2, -0.15) is 0 Å². The Labute approximate surface area is 243 Å². The van der Waals surface area contributed by atoms with E-state index in [1.807, 2.05) is 0 Å². The number of hydrogen-bond donors (Lipinski definition) is 0. The van der Waals surface area contributed by atoms with Gasteiger partial charge in [0.15, 0.2) is 0 Å². The van der Waals surface area contributed by atoms with Crippen LogP contribution in [0.4, 0.5) is 0 Å². The second-order valence-corrected chi connectivity index (χ2v) is 12.1. The Morgan fingerprint density at radius 3 is 1.63 bits per heavy atom. The molecule has 0 bridgehead atoms. The molecule has 0 fully saturated rings. The lowest BCUT2D eigenvalue weighted by Crippen LogP contribution is -2.40. The van der Waals surface area contributed by atoms with E-state index in [0.29, 0.717) is 0 Å². The van der Waals surface area contributed by atoms with Crippen LogP contribution in [0.3, 0.4) is 0 Å². The molecule has 196 valence electrons. The third kappa shape index (κ3) is 3.40. The third-order valence-electron chi connectivity index (χ3n) is 9.56. The van der Waals surface area contributed by atoms with Crippen LogP contribution in [0.1, 0.15) is 58.4 Å². The van der Waals surface area contributed by atoms with Crippen LogP contribution < -0.4 is 0 Å². The van der Waals surface area contributed by atoms with Gasteiger partial charge in [-0.05, 0) is 73.2 Å². The molecule has 0 amide bonds. The van der Waals surface area contributed by atoms with E-state index >= 15 is 0 Å². The molecule has 0 unspecified atom stereocenters. The fourth-order valence-electron chi connectivity index (χ4n) is 7.75. The number of hydrogen-bond acceptors (Lipinski definition) is 0. The summed E-state index contributed by atoms with van der Waals surface area (Å²) in [6.07, 6.45) is 0.906. The summed E-state index contributed by atoms with van der Waals surface area (Å²) in [4.78, 5) is 0. The summed E-state index contributed by atoms with van der Waals surface area (Å²) in [5.74, 6) is 0. The van der Waals surface area contributed by atoms with Gasteiger partial charge in [0.25, 0.3) is 0 Å². The first kappa shape index (κ1) is 24.1. The highest BCUT2D eigenvalue weighted by molar-refractivity contribution is 5.88. The Hall–Kier alpha value is -4.68. The summed E-state index contributed by atoms with van der Waals surface area (Å²) in [5, 5.41) is 0. The summed E-state index contributed by atoms with van der Waals surface area (Å²) in [6, 6.07) is 54.3. The van der Waals surface area contributed by atoms with Crippen molar-refractivity contribution in [3.63, 3.8) is 0 Å². The molecule has 0 N–H and O–H groups in total. The van der Waals surface area contributed by atoms with E-state index in [9.17, 15) is 0 Å². The monoisotopic (exact) mass is 524 g/mol. The molecule has 0 saturated heterocycles. The minimum atomic E-state index is -0.319. The van der Waals surface area contributed by atoms with Gasteiger partial charge in [0, 0.05) is 5.41 Å². The summed E-state index contributed by atoms with van der Waals surface area (Å²) in [6.45, 7) is 4.76. The SMILES string of the molecule is CC1(C)c2ccccc2C2(c3ccccc3-c3cc(Cc4cccc(-c5ccccc5)c4)ccc32)c2ccccc21. The molecule has 2 aliphatic carbocycles. The largest absolute Gasteiger partial charge is 0.0719 e. The molecule has 0 heteroatoms. The van der Waals surface area contributed by atoms with Crippen molar-refractivity contribution in [2.45, 2.75) is 31.1 Å². The molecule has 0 nitrogen and oxygen atoms in total. The summed E-state index contributed by atoms with van der Waals surface area (Å²) in [7, 11) is 0. The Balaban J connectivity index is 1.32. The van der Waals surface area contributed by atoms with E-state index in [1.54, 1.807) is 0 Å². The van der Waals surface area contributed by atoms with Crippen molar-refractivity contribution >= 4 is 0 Å². The zero-order valence-electron chi connectivity index (χ0n) is 23.6. The highest BCUT2D eigenvalue weighted by Crippen LogP contribution is 2.62. The van der Waals surface area contributed by atoms with E-state index in [0.717, 1.165) is 6.42 Å². The smallest absolute Gasteiger partial charge is 0.0622 e. The molecule has 6 aromatic rings. The average Bonchev–Trinajstić information content (AvgIpc) is 3.31. The van der Waals surface area contributed by atoms with Gasteiger partial charge < -0.3 is 0 Å². The van der Waals surface area contributed by atoms with E-state index in [4.69, 9.17) is 0 Å². The average molecular weight is 525 g/mol.